The predicted octanol–water partition coefficient (Wildman–Crippen LogP) is 0.882. The predicted molar refractivity (Wildman–Crippen MR) is 75.9 cm³/mol. The van der Waals surface area contributed by atoms with Crippen molar-refractivity contribution in [1.29, 1.82) is 0 Å². The van der Waals surface area contributed by atoms with Crippen molar-refractivity contribution in [3.8, 4) is 0 Å². The average Bonchev–Trinajstić information content (AvgIpc) is 3.00. The smallest absolute Gasteiger partial charge is 0.280 e. The summed E-state index contributed by atoms with van der Waals surface area (Å²) in [6.07, 6.45) is 3.12. The Kier molecular flexibility index (Phi) is 2.50. The Morgan fingerprint density at radius 3 is 2.76 bits per heavy atom. The van der Waals surface area contributed by atoms with Crippen LogP contribution in [0.2, 0.25) is 0 Å². The van der Waals surface area contributed by atoms with Crippen molar-refractivity contribution in [2.45, 2.75) is 6.54 Å². The second kappa shape index (κ2) is 4.48. The summed E-state index contributed by atoms with van der Waals surface area (Å²) in [5.41, 5.74) is 1.74. The highest BCUT2D eigenvalue weighted by Crippen LogP contribution is 2.07. The third-order valence-electron chi connectivity index (χ3n) is 3.31. The van der Waals surface area contributed by atoms with Crippen molar-refractivity contribution >= 4 is 16.8 Å². The quantitative estimate of drug-likeness (QED) is 0.544. The van der Waals surface area contributed by atoms with E-state index in [4.69, 9.17) is 0 Å². The van der Waals surface area contributed by atoms with Gasteiger partial charge < -0.3 is 4.57 Å². The van der Waals surface area contributed by atoms with Gasteiger partial charge in [0.2, 0.25) is 0 Å². The van der Waals surface area contributed by atoms with Gasteiger partial charge in [0, 0.05) is 6.20 Å². The van der Waals surface area contributed by atoms with Crippen LogP contribution in [0.15, 0.2) is 53.7 Å². The van der Waals surface area contributed by atoms with Gasteiger partial charge in [-0.15, -0.1) is 10.2 Å². The third kappa shape index (κ3) is 1.86. The van der Waals surface area contributed by atoms with Gasteiger partial charge in [0.1, 0.15) is 11.8 Å². The average molecular weight is 278 g/mol. The van der Waals surface area contributed by atoms with Crippen LogP contribution < -0.4 is 5.56 Å². The minimum absolute atomic E-state index is 0.193. The summed E-state index contributed by atoms with van der Waals surface area (Å²) in [6, 6.07) is 11.6. The van der Waals surface area contributed by atoms with Crippen molar-refractivity contribution in [2.75, 3.05) is 0 Å². The maximum absolute atomic E-state index is 12.5. The van der Waals surface area contributed by atoms with Gasteiger partial charge in [0.25, 0.3) is 11.3 Å². The molecular weight excluding hydrogens is 268 g/mol. The normalized spacial score (nSPS) is 11.2. The van der Waals surface area contributed by atoms with Gasteiger partial charge in [0.15, 0.2) is 5.52 Å². The van der Waals surface area contributed by atoms with E-state index >= 15 is 0 Å². The molecule has 21 heavy (non-hydrogen) atoms. The van der Waals surface area contributed by atoms with Crippen LogP contribution in [0.3, 0.4) is 0 Å². The van der Waals surface area contributed by atoms with Crippen LogP contribution in [0.4, 0.5) is 0 Å². The van der Waals surface area contributed by atoms with Gasteiger partial charge in [-0.05, 0) is 11.6 Å². The monoisotopic (exact) mass is 278 g/mol. The van der Waals surface area contributed by atoms with Crippen molar-refractivity contribution in [3.05, 3.63) is 64.8 Å². The van der Waals surface area contributed by atoms with Crippen LogP contribution in [-0.4, -0.2) is 29.4 Å². The summed E-state index contributed by atoms with van der Waals surface area (Å²) in [6.45, 7) is 0.493. The summed E-state index contributed by atoms with van der Waals surface area (Å²) in [5, 5.41) is 11.9. The maximum atomic E-state index is 12.5. The zero-order valence-corrected chi connectivity index (χ0v) is 10.9. The molecule has 3 heterocycles. The van der Waals surface area contributed by atoms with Crippen LogP contribution >= 0.6 is 0 Å². The van der Waals surface area contributed by atoms with E-state index in [-0.39, 0.29) is 11.1 Å². The molecule has 4 rings (SSSR count). The highest BCUT2D eigenvalue weighted by atomic mass is 16.1. The number of nitrogens with zero attached hydrogens (tertiary/aromatic N) is 6. The van der Waals surface area contributed by atoms with Crippen molar-refractivity contribution in [3.63, 3.8) is 0 Å². The van der Waals surface area contributed by atoms with Gasteiger partial charge in [-0.2, -0.15) is 14.6 Å². The van der Waals surface area contributed by atoms with Crippen LogP contribution in [0.5, 0.6) is 0 Å². The maximum Gasteiger partial charge on any atom is 0.280 e. The van der Waals surface area contributed by atoms with Gasteiger partial charge in [-0.1, -0.05) is 30.3 Å². The number of hydrogen-bond acceptors (Lipinski definition) is 5. The summed E-state index contributed by atoms with van der Waals surface area (Å²) in [7, 11) is 0. The summed E-state index contributed by atoms with van der Waals surface area (Å²) < 4.78 is 3.12. The Morgan fingerprint density at radius 2 is 1.90 bits per heavy atom. The molecule has 0 fully saturated rings. The van der Waals surface area contributed by atoms with Crippen LogP contribution in [-0.2, 0) is 6.54 Å². The minimum Gasteiger partial charge on any atom is -0.309 e. The summed E-state index contributed by atoms with van der Waals surface area (Å²) in [4.78, 5) is 16.5. The lowest BCUT2D eigenvalue weighted by Crippen LogP contribution is -2.22. The van der Waals surface area contributed by atoms with Crippen LogP contribution in [0.25, 0.3) is 16.8 Å². The third-order valence-corrected chi connectivity index (χ3v) is 3.31. The molecule has 1 aromatic carbocycles. The molecule has 0 bridgehead atoms. The first-order chi connectivity index (χ1) is 10.3. The molecule has 3 aromatic heterocycles. The molecule has 0 saturated heterocycles. The molecule has 4 aromatic rings. The standard InChI is InChI=1S/C14H10N6O/c21-13-12-11(20-14(18-17-12)15-9-16-20)6-7-19(13)8-10-4-2-1-3-5-10/h1-7,9H,8H2. The summed E-state index contributed by atoms with van der Waals surface area (Å²) in [5.74, 6) is 0.378. The van der Waals surface area contributed by atoms with Crippen molar-refractivity contribution in [1.82, 2.24) is 29.4 Å². The van der Waals surface area contributed by atoms with E-state index in [2.05, 4.69) is 20.3 Å². The van der Waals surface area contributed by atoms with Gasteiger partial charge in [-0.25, -0.2) is 0 Å². The number of aromatic nitrogens is 6. The molecule has 7 heteroatoms. The first-order valence-electron chi connectivity index (χ1n) is 6.42. The van der Waals surface area contributed by atoms with Crippen molar-refractivity contribution in [2.24, 2.45) is 0 Å². The molecule has 0 radical (unpaired) electrons. The fraction of sp³-hybridized carbons (Fsp3) is 0.0714. The molecule has 0 atom stereocenters. The SMILES string of the molecule is O=c1c2nnc3ncnn3c2ccn1Cc1ccccc1. The van der Waals surface area contributed by atoms with Gasteiger partial charge >= 0.3 is 0 Å². The molecule has 0 amide bonds. The van der Waals surface area contributed by atoms with E-state index in [1.807, 2.05) is 30.3 Å². The molecule has 0 unspecified atom stereocenters. The number of benzene rings is 1. The van der Waals surface area contributed by atoms with E-state index in [1.54, 1.807) is 16.8 Å². The highest BCUT2D eigenvalue weighted by molar-refractivity contribution is 5.74. The zero-order valence-electron chi connectivity index (χ0n) is 10.9. The number of fused-ring (bicyclic) bond motifs is 3. The zero-order chi connectivity index (χ0) is 14.2. The Labute approximate surface area is 118 Å². The first kappa shape index (κ1) is 11.7. The molecule has 0 N–H and O–H groups in total. The molecule has 0 saturated carbocycles. The highest BCUT2D eigenvalue weighted by Gasteiger charge is 2.10. The van der Waals surface area contributed by atoms with Gasteiger partial charge in [-0.3, -0.25) is 4.79 Å². The van der Waals surface area contributed by atoms with E-state index in [0.717, 1.165) is 5.56 Å². The van der Waals surface area contributed by atoms with Crippen LogP contribution in [0, 0.1) is 0 Å². The fourth-order valence-corrected chi connectivity index (χ4v) is 2.29. The molecular formula is C14H10N6O. The van der Waals surface area contributed by atoms with E-state index < -0.39 is 0 Å². The number of rotatable bonds is 2. The molecule has 0 aliphatic heterocycles. The largest absolute Gasteiger partial charge is 0.309 e. The molecule has 0 spiro atoms. The van der Waals surface area contributed by atoms with Gasteiger partial charge in [0.05, 0.1) is 6.54 Å². The van der Waals surface area contributed by atoms with E-state index in [1.165, 1.54) is 10.8 Å². The lowest BCUT2D eigenvalue weighted by molar-refractivity contribution is 0.760. The van der Waals surface area contributed by atoms with Crippen LogP contribution in [0.1, 0.15) is 5.56 Å². The Balaban J connectivity index is 1.90. The second-order valence-electron chi connectivity index (χ2n) is 4.64. The van der Waals surface area contributed by atoms with E-state index in [9.17, 15) is 4.79 Å². The fourth-order valence-electron chi connectivity index (χ4n) is 2.29. The minimum atomic E-state index is -0.193. The lowest BCUT2D eigenvalue weighted by atomic mass is 10.2. The Bertz CT molecular complexity index is 989. The molecule has 0 aliphatic carbocycles. The number of pyridine rings is 1. The Hall–Kier alpha value is -3.09. The van der Waals surface area contributed by atoms with E-state index in [0.29, 0.717) is 17.8 Å². The number of hydrogen-bond donors (Lipinski definition) is 0. The second-order valence-corrected chi connectivity index (χ2v) is 4.64. The lowest BCUT2D eigenvalue weighted by Gasteiger charge is -2.07. The Morgan fingerprint density at radius 1 is 1.05 bits per heavy atom. The molecule has 0 aliphatic rings. The molecule has 7 nitrogen and oxygen atoms in total. The topological polar surface area (TPSA) is 78.0 Å². The molecule has 102 valence electrons. The summed E-state index contributed by atoms with van der Waals surface area (Å²) >= 11 is 0. The van der Waals surface area contributed by atoms with Crippen molar-refractivity contribution < 1.29 is 0 Å². The first-order valence-corrected chi connectivity index (χ1v) is 6.42.